The van der Waals surface area contributed by atoms with E-state index in [9.17, 15) is 0 Å². The fourth-order valence-corrected chi connectivity index (χ4v) is 9.02. The van der Waals surface area contributed by atoms with Gasteiger partial charge in [-0.25, -0.2) is 29.9 Å². The molecule has 6 aromatic carbocycles. The van der Waals surface area contributed by atoms with Crippen molar-refractivity contribution in [3.05, 3.63) is 209 Å². The van der Waals surface area contributed by atoms with Gasteiger partial charge in [0, 0.05) is 16.7 Å². The molecule has 3 aromatic heterocycles. The monoisotopic (exact) mass is 1060 g/mol. The van der Waals surface area contributed by atoms with E-state index in [1.165, 1.54) is 16.7 Å². The number of nitrogens with zero attached hydrogens (tertiary/aromatic N) is 9. The SMILES string of the molecule is CCCCc1ccc(-c2ccc(C#Cc3ncc(N=C=S)cn3)cc2-c2cc(-c3ccc(CCC)cc3)c(-c3cc(-c4ccc(CC)cc4)ccc3C#Cc3ncc(N=C=S)cn3)cc2C#Cc2ncc(N=C=S)cn2)cc1. The Bertz CT molecular complexity index is 3990. The van der Waals surface area contributed by atoms with Crippen LogP contribution in [0.25, 0.3) is 55.6 Å². The number of aromatic nitrogens is 6. The number of hydrogen-bond donors (Lipinski definition) is 0. The quantitative estimate of drug-likeness (QED) is 0.0596. The maximum atomic E-state index is 4.85. The highest BCUT2D eigenvalue weighted by molar-refractivity contribution is 7.78. The summed E-state index contributed by atoms with van der Waals surface area (Å²) in [5.74, 6) is 21.0. The summed E-state index contributed by atoms with van der Waals surface area (Å²) in [5, 5.41) is 7.12. The molecule has 0 amide bonds. The van der Waals surface area contributed by atoms with Crippen molar-refractivity contribution in [2.24, 2.45) is 15.0 Å². The molecule has 0 saturated carbocycles. The summed E-state index contributed by atoms with van der Waals surface area (Å²) in [4.78, 5) is 38.9. The highest BCUT2D eigenvalue weighted by atomic mass is 32.1. The third kappa shape index (κ3) is 13.5. The minimum absolute atomic E-state index is 0.303. The molecule has 0 radical (unpaired) electrons. The predicted octanol–water partition coefficient (Wildman–Crippen LogP) is 15.7. The number of thiocarbonyl (C=S) groups is 3. The van der Waals surface area contributed by atoms with E-state index in [0.717, 1.165) is 105 Å². The largest absolute Gasteiger partial charge is 0.227 e. The van der Waals surface area contributed by atoms with Crippen molar-refractivity contribution in [1.82, 2.24) is 29.9 Å². The number of hydrogen-bond acceptors (Lipinski definition) is 12. The van der Waals surface area contributed by atoms with E-state index in [2.05, 4.69) is 232 Å². The van der Waals surface area contributed by atoms with Gasteiger partial charge in [0.1, 0.15) is 17.1 Å². The second-order valence-corrected chi connectivity index (χ2v) is 18.5. The zero-order valence-corrected chi connectivity index (χ0v) is 45.5. The van der Waals surface area contributed by atoms with Gasteiger partial charge in [-0.3, -0.25) is 0 Å². The lowest BCUT2D eigenvalue weighted by molar-refractivity contribution is 0.795. The van der Waals surface area contributed by atoms with Crippen LogP contribution in [0.3, 0.4) is 0 Å². The summed E-state index contributed by atoms with van der Waals surface area (Å²) in [6.45, 7) is 6.56. The first-order valence-corrected chi connectivity index (χ1v) is 26.6. The number of isothiocyanates is 3. The van der Waals surface area contributed by atoms with E-state index in [1.807, 2.05) is 6.07 Å². The van der Waals surface area contributed by atoms with E-state index < -0.39 is 0 Å². The Morgan fingerprint density at radius 2 is 0.821 bits per heavy atom. The molecular weight excluding hydrogens is 1010 g/mol. The summed E-state index contributed by atoms with van der Waals surface area (Å²) in [7, 11) is 0. The van der Waals surface area contributed by atoms with Crippen LogP contribution in [0.5, 0.6) is 0 Å². The number of unbranched alkanes of at least 4 members (excludes halogenated alkanes) is 1. The van der Waals surface area contributed by atoms with E-state index in [0.29, 0.717) is 40.1 Å². The van der Waals surface area contributed by atoms with Crippen molar-refractivity contribution in [1.29, 1.82) is 0 Å². The Morgan fingerprint density at radius 3 is 1.35 bits per heavy atom. The highest BCUT2D eigenvalue weighted by Gasteiger charge is 2.20. The Morgan fingerprint density at radius 1 is 0.359 bits per heavy atom. The van der Waals surface area contributed by atoms with Gasteiger partial charge >= 0.3 is 0 Å². The van der Waals surface area contributed by atoms with Crippen LogP contribution in [0.2, 0.25) is 0 Å². The third-order valence-electron chi connectivity index (χ3n) is 12.7. The van der Waals surface area contributed by atoms with Gasteiger partial charge in [0.25, 0.3) is 0 Å². The lowest BCUT2D eigenvalue weighted by Crippen LogP contribution is -1.97. The molecule has 0 bridgehead atoms. The fraction of sp³-hybridized carbons (Fsp3) is 0.136. The van der Waals surface area contributed by atoms with Crippen molar-refractivity contribution in [3.8, 4) is 91.2 Å². The van der Waals surface area contributed by atoms with Gasteiger partial charge < -0.3 is 0 Å². The van der Waals surface area contributed by atoms with Gasteiger partial charge in [-0.05, 0) is 189 Å². The first-order chi connectivity index (χ1) is 38.3. The van der Waals surface area contributed by atoms with Crippen LogP contribution in [0.15, 0.2) is 173 Å². The lowest BCUT2D eigenvalue weighted by Gasteiger charge is -2.20. The Balaban J connectivity index is 1.34. The fourth-order valence-electron chi connectivity index (χ4n) is 8.71. The molecule has 9 rings (SSSR count). The summed E-state index contributed by atoms with van der Waals surface area (Å²) >= 11 is 14.5. The molecule has 0 atom stereocenters. The molecule has 0 unspecified atom stereocenters. The number of aryl methyl sites for hydroxylation is 3. The van der Waals surface area contributed by atoms with Gasteiger partial charge in [-0.15, -0.1) is 0 Å². The van der Waals surface area contributed by atoms with Gasteiger partial charge in [0.2, 0.25) is 17.5 Å². The van der Waals surface area contributed by atoms with Crippen molar-refractivity contribution < 1.29 is 0 Å². The Kier molecular flexibility index (Phi) is 18.1. The normalized spacial score (nSPS) is 10.2. The van der Waals surface area contributed by atoms with Crippen LogP contribution < -0.4 is 0 Å². The molecule has 0 aliphatic rings. The molecule has 0 saturated heterocycles. The van der Waals surface area contributed by atoms with E-state index in [-0.39, 0.29) is 0 Å². The smallest absolute Gasteiger partial charge is 0.205 e. The molecule has 0 N–H and O–H groups in total. The zero-order chi connectivity index (χ0) is 54.1. The molecular formula is C66H47N9S3. The standard InChI is InChI=1S/C66H47N9S3/c1-4-7-9-47-14-20-50(21-15-47)58-28-16-48(17-29-64-67-36-55(37-68-64)73-42-76)32-62(58)61-35-60(51-22-12-46(8-5-2)13-23-51)63(34-54(61)27-31-66-71-40-57(41-72-66)75-44-78)59-33-53(49-18-10-45(6-3)11-19-49)25-24-52(59)26-30-65-69-38-56(39-70-65)74-43-77/h10-16,18-25,28,32-41H,4-9H2,1-3H3. The Labute approximate surface area is 471 Å². The van der Waals surface area contributed by atoms with Crippen LogP contribution in [-0.2, 0) is 19.3 Å². The summed E-state index contributed by atoms with van der Waals surface area (Å²) in [5.41, 5.74) is 17.1. The maximum Gasteiger partial charge on any atom is 0.205 e. The van der Waals surface area contributed by atoms with Crippen molar-refractivity contribution >= 4 is 69.2 Å². The predicted molar refractivity (Wildman–Crippen MR) is 324 cm³/mol. The molecule has 78 heavy (non-hydrogen) atoms. The second kappa shape index (κ2) is 26.4. The molecule has 0 spiro atoms. The molecule has 9 nitrogen and oxygen atoms in total. The lowest BCUT2D eigenvalue weighted by atomic mass is 9.83. The van der Waals surface area contributed by atoms with Crippen molar-refractivity contribution in [2.75, 3.05) is 0 Å². The Hall–Kier alpha value is -9.36. The number of rotatable bonds is 14. The molecule has 0 aliphatic heterocycles. The van der Waals surface area contributed by atoms with Crippen LogP contribution >= 0.6 is 36.7 Å². The van der Waals surface area contributed by atoms with E-state index in [1.54, 1.807) is 37.2 Å². The zero-order valence-electron chi connectivity index (χ0n) is 43.0. The number of aliphatic imine (C=N–C) groups is 3. The first-order valence-electron chi connectivity index (χ1n) is 25.4. The minimum atomic E-state index is 0.303. The highest BCUT2D eigenvalue weighted by Crippen LogP contribution is 2.43. The van der Waals surface area contributed by atoms with E-state index in [4.69, 9.17) is 36.7 Å². The van der Waals surface area contributed by atoms with Crippen LogP contribution in [0.4, 0.5) is 17.1 Å². The molecule has 3 heterocycles. The van der Waals surface area contributed by atoms with Crippen molar-refractivity contribution in [2.45, 2.75) is 59.3 Å². The topological polar surface area (TPSA) is 114 Å². The van der Waals surface area contributed by atoms with Gasteiger partial charge in [0.15, 0.2) is 0 Å². The summed E-state index contributed by atoms with van der Waals surface area (Å²) in [6.07, 6.45) is 15.6. The molecule has 9 aromatic rings. The number of benzene rings is 6. The van der Waals surface area contributed by atoms with Crippen LogP contribution in [0.1, 0.15) is 90.9 Å². The van der Waals surface area contributed by atoms with Crippen molar-refractivity contribution in [3.63, 3.8) is 0 Å². The average Bonchev–Trinajstić information content (AvgIpc) is 3.61. The molecule has 0 fully saturated rings. The van der Waals surface area contributed by atoms with Gasteiger partial charge in [-0.2, -0.15) is 15.0 Å². The second-order valence-electron chi connectivity index (χ2n) is 17.9. The van der Waals surface area contributed by atoms with Crippen LogP contribution in [-0.4, -0.2) is 45.4 Å². The minimum Gasteiger partial charge on any atom is -0.227 e. The van der Waals surface area contributed by atoms with E-state index >= 15 is 0 Å². The van der Waals surface area contributed by atoms with Crippen LogP contribution in [0, 0.1) is 35.5 Å². The summed E-state index contributed by atoms with van der Waals surface area (Å²) < 4.78 is 0. The summed E-state index contributed by atoms with van der Waals surface area (Å²) in [6, 6.07) is 43.4. The third-order valence-corrected chi connectivity index (χ3v) is 13.0. The average molecular weight is 1060 g/mol. The molecule has 12 heteroatoms. The maximum absolute atomic E-state index is 4.85. The van der Waals surface area contributed by atoms with Gasteiger partial charge in [0.05, 0.1) is 52.7 Å². The van der Waals surface area contributed by atoms with Gasteiger partial charge in [-0.1, -0.05) is 136 Å². The first kappa shape index (κ1) is 53.5. The molecule has 374 valence electrons. The molecule has 0 aliphatic carbocycles.